The fourth-order valence-corrected chi connectivity index (χ4v) is 4.43. The van der Waals surface area contributed by atoms with Gasteiger partial charge in [0.05, 0.1) is 16.6 Å². The SMILES string of the molecule is Cc1c(C(=O)OCCOc2ccccc2)sc2ncn(CC(=O)Nc3cccc([N+](=O)[O-])c3)c(=O)c12. The zero-order valence-electron chi connectivity index (χ0n) is 19.0. The second-order valence-electron chi connectivity index (χ2n) is 7.57. The van der Waals surface area contributed by atoms with Gasteiger partial charge in [0, 0.05) is 17.8 Å². The number of hydrogen-bond acceptors (Lipinski definition) is 9. The summed E-state index contributed by atoms with van der Waals surface area (Å²) in [6, 6.07) is 14.6. The van der Waals surface area contributed by atoms with Crippen LogP contribution in [-0.4, -0.2) is 39.6 Å². The van der Waals surface area contributed by atoms with Crippen LogP contribution in [0.3, 0.4) is 0 Å². The molecule has 0 aliphatic rings. The Morgan fingerprint density at radius 1 is 1.14 bits per heavy atom. The van der Waals surface area contributed by atoms with Crippen molar-refractivity contribution in [3.63, 3.8) is 0 Å². The molecule has 0 spiro atoms. The number of nitro groups is 1. The molecule has 0 saturated carbocycles. The predicted octanol–water partition coefficient (Wildman–Crippen LogP) is 3.55. The summed E-state index contributed by atoms with van der Waals surface area (Å²) in [5.41, 5.74) is -0.0263. The van der Waals surface area contributed by atoms with Crippen molar-refractivity contribution < 1.29 is 24.0 Å². The Balaban J connectivity index is 1.43. The number of esters is 1. The lowest BCUT2D eigenvalue weighted by Crippen LogP contribution is -2.28. The first-order chi connectivity index (χ1) is 17.3. The zero-order valence-corrected chi connectivity index (χ0v) is 19.8. The highest BCUT2D eigenvalue weighted by Crippen LogP contribution is 2.27. The number of non-ortho nitro benzene ring substituents is 1. The van der Waals surface area contributed by atoms with Crippen molar-refractivity contribution in [2.24, 2.45) is 0 Å². The van der Waals surface area contributed by atoms with Crippen LogP contribution in [0.1, 0.15) is 15.2 Å². The maximum atomic E-state index is 13.0. The summed E-state index contributed by atoms with van der Waals surface area (Å²) in [4.78, 5) is 53.2. The van der Waals surface area contributed by atoms with E-state index < -0.39 is 22.4 Å². The number of carbonyl (C=O) groups is 2. The van der Waals surface area contributed by atoms with Gasteiger partial charge in [0.25, 0.3) is 11.2 Å². The average molecular weight is 509 g/mol. The van der Waals surface area contributed by atoms with Crippen LogP contribution in [-0.2, 0) is 16.1 Å². The van der Waals surface area contributed by atoms with Crippen LogP contribution in [0.4, 0.5) is 11.4 Å². The van der Waals surface area contributed by atoms with Crippen LogP contribution in [0.25, 0.3) is 10.2 Å². The number of rotatable bonds is 9. The number of anilines is 1. The quantitative estimate of drug-likeness (QED) is 0.157. The van der Waals surface area contributed by atoms with E-state index in [2.05, 4.69) is 10.3 Å². The average Bonchev–Trinajstić information content (AvgIpc) is 3.21. The lowest BCUT2D eigenvalue weighted by Gasteiger charge is -2.07. The van der Waals surface area contributed by atoms with Crippen LogP contribution < -0.4 is 15.6 Å². The number of hydrogen-bond donors (Lipinski definition) is 1. The van der Waals surface area contributed by atoms with Gasteiger partial charge < -0.3 is 14.8 Å². The van der Waals surface area contributed by atoms with E-state index in [4.69, 9.17) is 9.47 Å². The second-order valence-corrected chi connectivity index (χ2v) is 8.57. The van der Waals surface area contributed by atoms with Gasteiger partial charge in [-0.1, -0.05) is 24.3 Å². The Bertz CT molecular complexity index is 1500. The molecule has 2 aromatic heterocycles. The van der Waals surface area contributed by atoms with Crippen LogP contribution in [0.5, 0.6) is 5.75 Å². The van der Waals surface area contributed by atoms with Crippen molar-refractivity contribution in [2.45, 2.75) is 13.5 Å². The Kier molecular flexibility index (Phi) is 7.35. The number of para-hydroxylation sites is 1. The number of carbonyl (C=O) groups excluding carboxylic acids is 2. The fraction of sp³-hybridized carbons (Fsp3) is 0.167. The van der Waals surface area contributed by atoms with Crippen LogP contribution in [0, 0.1) is 17.0 Å². The first kappa shape index (κ1) is 24.5. The highest BCUT2D eigenvalue weighted by atomic mass is 32.1. The first-order valence-corrected chi connectivity index (χ1v) is 11.5. The number of aromatic nitrogens is 2. The summed E-state index contributed by atoms with van der Waals surface area (Å²) < 4.78 is 11.9. The fourth-order valence-electron chi connectivity index (χ4n) is 3.40. The minimum Gasteiger partial charge on any atom is -0.490 e. The maximum absolute atomic E-state index is 13.0. The molecule has 1 N–H and O–H groups in total. The number of nitrogens with one attached hydrogen (secondary N) is 1. The summed E-state index contributed by atoms with van der Waals surface area (Å²) in [6.07, 6.45) is 1.22. The first-order valence-electron chi connectivity index (χ1n) is 10.7. The second kappa shape index (κ2) is 10.8. The van der Waals surface area contributed by atoms with E-state index >= 15 is 0 Å². The third kappa shape index (κ3) is 5.55. The maximum Gasteiger partial charge on any atom is 0.348 e. The molecule has 0 fully saturated rings. The molecule has 0 aliphatic heterocycles. The van der Waals surface area contributed by atoms with Crippen molar-refractivity contribution in [3.8, 4) is 5.75 Å². The number of nitro benzene ring substituents is 1. The lowest BCUT2D eigenvalue weighted by molar-refractivity contribution is -0.384. The number of ether oxygens (including phenoxy) is 2. The van der Waals surface area contributed by atoms with Crippen LogP contribution in [0.2, 0.25) is 0 Å². The van der Waals surface area contributed by atoms with E-state index in [-0.39, 0.29) is 41.4 Å². The smallest absolute Gasteiger partial charge is 0.348 e. The van der Waals surface area contributed by atoms with E-state index in [9.17, 15) is 24.5 Å². The molecular weight excluding hydrogens is 488 g/mol. The molecule has 0 radical (unpaired) electrons. The number of benzene rings is 2. The molecule has 0 bridgehead atoms. The van der Waals surface area contributed by atoms with E-state index in [0.29, 0.717) is 16.1 Å². The van der Waals surface area contributed by atoms with Gasteiger partial charge >= 0.3 is 5.97 Å². The van der Waals surface area contributed by atoms with Crippen LogP contribution in [0.15, 0.2) is 65.7 Å². The summed E-state index contributed by atoms with van der Waals surface area (Å²) in [5.74, 6) is -0.503. The molecule has 36 heavy (non-hydrogen) atoms. The van der Waals surface area contributed by atoms with Gasteiger partial charge in [-0.05, 0) is 30.7 Å². The number of fused-ring (bicyclic) bond motifs is 1. The highest BCUT2D eigenvalue weighted by Gasteiger charge is 2.21. The van der Waals surface area contributed by atoms with Gasteiger partial charge in [-0.25, -0.2) is 9.78 Å². The van der Waals surface area contributed by atoms with Gasteiger partial charge in [-0.2, -0.15) is 0 Å². The molecule has 11 nitrogen and oxygen atoms in total. The summed E-state index contributed by atoms with van der Waals surface area (Å²) in [6.45, 7) is 1.45. The van der Waals surface area contributed by atoms with Crippen molar-refractivity contribution in [3.05, 3.63) is 91.8 Å². The van der Waals surface area contributed by atoms with Gasteiger partial charge in [-0.3, -0.25) is 24.3 Å². The predicted molar refractivity (Wildman–Crippen MR) is 133 cm³/mol. The van der Waals surface area contributed by atoms with Gasteiger partial charge in [0.2, 0.25) is 5.91 Å². The standard InChI is InChI=1S/C24H20N4O7S/c1-15-20-22(36-21(15)24(31)35-11-10-34-18-8-3-2-4-9-18)25-14-27(23(20)30)13-19(29)26-16-6-5-7-17(12-16)28(32)33/h2-9,12,14H,10-11,13H2,1H3,(H,26,29). The molecule has 1 amide bonds. The van der Waals surface area contributed by atoms with E-state index in [1.54, 1.807) is 19.1 Å². The molecule has 4 aromatic rings. The van der Waals surface area contributed by atoms with Gasteiger partial charge in [0.15, 0.2) is 0 Å². The summed E-state index contributed by atoms with van der Waals surface area (Å²) in [7, 11) is 0. The molecule has 4 rings (SSSR count). The van der Waals surface area contributed by atoms with Gasteiger partial charge in [-0.15, -0.1) is 11.3 Å². The molecule has 2 heterocycles. The Hall–Kier alpha value is -4.58. The topological polar surface area (TPSA) is 143 Å². The minimum absolute atomic E-state index is 0.0247. The van der Waals surface area contributed by atoms with Crippen molar-refractivity contribution in [1.29, 1.82) is 0 Å². The Morgan fingerprint density at radius 2 is 1.92 bits per heavy atom. The molecule has 0 atom stereocenters. The molecule has 184 valence electrons. The number of nitrogens with zero attached hydrogens (tertiary/aromatic N) is 3. The third-order valence-electron chi connectivity index (χ3n) is 5.09. The molecular formula is C24H20N4O7S. The zero-order chi connectivity index (χ0) is 25.7. The van der Waals surface area contributed by atoms with E-state index in [1.807, 2.05) is 18.2 Å². The van der Waals surface area contributed by atoms with E-state index in [0.717, 1.165) is 15.9 Å². The summed E-state index contributed by atoms with van der Waals surface area (Å²) >= 11 is 1.03. The highest BCUT2D eigenvalue weighted by molar-refractivity contribution is 7.20. The monoisotopic (exact) mass is 508 g/mol. The Morgan fingerprint density at radius 3 is 2.67 bits per heavy atom. The minimum atomic E-state index is -0.596. The Labute approximate surface area is 208 Å². The van der Waals surface area contributed by atoms with Crippen molar-refractivity contribution in [1.82, 2.24) is 9.55 Å². The molecule has 0 aliphatic carbocycles. The number of amides is 1. The van der Waals surface area contributed by atoms with Crippen LogP contribution >= 0.6 is 11.3 Å². The van der Waals surface area contributed by atoms with Crippen molar-refractivity contribution >= 4 is 44.8 Å². The number of aryl methyl sites for hydroxylation is 1. The molecule has 2 aromatic carbocycles. The van der Waals surface area contributed by atoms with E-state index in [1.165, 1.54) is 30.6 Å². The third-order valence-corrected chi connectivity index (χ3v) is 6.27. The largest absolute Gasteiger partial charge is 0.490 e. The lowest BCUT2D eigenvalue weighted by atomic mass is 10.2. The molecule has 0 unspecified atom stereocenters. The normalized spacial score (nSPS) is 10.7. The molecule has 12 heteroatoms. The number of thiophene rings is 1. The molecule has 0 saturated heterocycles. The van der Waals surface area contributed by atoms with Crippen molar-refractivity contribution in [2.75, 3.05) is 18.5 Å². The van der Waals surface area contributed by atoms with Gasteiger partial charge in [0.1, 0.15) is 35.2 Å². The summed E-state index contributed by atoms with van der Waals surface area (Å²) in [5, 5.41) is 13.7.